The first-order valence-electron chi connectivity index (χ1n) is 5.93. The number of hydrogen-bond donors (Lipinski definition) is 1. The zero-order valence-corrected chi connectivity index (χ0v) is 10.8. The third kappa shape index (κ3) is 2.96. The van der Waals surface area contributed by atoms with Crippen molar-refractivity contribution in [2.75, 3.05) is 17.2 Å². The fourth-order valence-corrected chi connectivity index (χ4v) is 3.19. The number of sulfone groups is 1. The Labute approximate surface area is 101 Å². The fourth-order valence-electron chi connectivity index (χ4n) is 1.91. The molecule has 1 fully saturated rings. The van der Waals surface area contributed by atoms with Crippen molar-refractivity contribution in [3.63, 3.8) is 0 Å². The number of hydrogen-bond acceptors (Lipinski definition) is 5. The van der Waals surface area contributed by atoms with Crippen LogP contribution in [-0.2, 0) is 16.4 Å². The molecule has 1 aliphatic rings. The lowest BCUT2D eigenvalue weighted by Gasteiger charge is -2.06. The van der Waals surface area contributed by atoms with Crippen LogP contribution in [0.3, 0.4) is 0 Å². The van der Waals surface area contributed by atoms with E-state index in [2.05, 4.69) is 10.3 Å². The van der Waals surface area contributed by atoms with Crippen LogP contribution in [0.4, 0.5) is 5.82 Å². The second kappa shape index (κ2) is 4.64. The Kier molecular flexibility index (Phi) is 3.37. The van der Waals surface area contributed by atoms with Gasteiger partial charge in [0.2, 0.25) is 0 Å². The number of aryl methyl sites for hydroxylation is 1. The maximum atomic E-state index is 11.6. The summed E-state index contributed by atoms with van der Waals surface area (Å²) in [7, 11) is -2.97. The second-order valence-electron chi connectivity index (χ2n) is 4.51. The van der Waals surface area contributed by atoms with Crippen molar-refractivity contribution < 1.29 is 8.42 Å². The quantitative estimate of drug-likeness (QED) is 0.805. The van der Waals surface area contributed by atoms with E-state index in [1.54, 1.807) is 4.68 Å². The highest BCUT2D eigenvalue weighted by atomic mass is 32.2. The van der Waals surface area contributed by atoms with E-state index >= 15 is 0 Å². The van der Waals surface area contributed by atoms with Crippen LogP contribution < -0.4 is 5.73 Å². The number of aromatic nitrogens is 3. The van der Waals surface area contributed by atoms with E-state index < -0.39 is 9.84 Å². The van der Waals surface area contributed by atoms with Crippen LogP contribution in [0.25, 0.3) is 0 Å². The third-order valence-electron chi connectivity index (χ3n) is 2.89. The van der Waals surface area contributed by atoms with Gasteiger partial charge in [-0.25, -0.2) is 13.1 Å². The van der Waals surface area contributed by atoms with Crippen molar-refractivity contribution in [2.24, 2.45) is 0 Å². The zero-order chi connectivity index (χ0) is 12.5. The molecule has 96 valence electrons. The molecular weight excluding hydrogens is 240 g/mol. The van der Waals surface area contributed by atoms with Crippen molar-refractivity contribution in [3.8, 4) is 0 Å². The van der Waals surface area contributed by atoms with E-state index in [1.807, 2.05) is 6.92 Å². The van der Waals surface area contributed by atoms with Crippen molar-refractivity contribution in [3.05, 3.63) is 5.69 Å². The van der Waals surface area contributed by atoms with E-state index in [0.717, 1.165) is 18.5 Å². The summed E-state index contributed by atoms with van der Waals surface area (Å²) in [6.45, 7) is 2.22. The van der Waals surface area contributed by atoms with Crippen molar-refractivity contribution >= 4 is 15.7 Å². The van der Waals surface area contributed by atoms with Gasteiger partial charge in [0.25, 0.3) is 0 Å². The highest BCUT2D eigenvalue weighted by Gasteiger charge is 2.30. The molecule has 0 aliphatic heterocycles. The van der Waals surface area contributed by atoms with Crippen LogP contribution >= 0.6 is 0 Å². The molecule has 0 amide bonds. The molecular formula is C10H18N4O2S. The Bertz CT molecular complexity index is 490. The summed E-state index contributed by atoms with van der Waals surface area (Å²) >= 11 is 0. The van der Waals surface area contributed by atoms with Gasteiger partial charge >= 0.3 is 0 Å². The summed E-state index contributed by atoms with van der Waals surface area (Å²) in [4.78, 5) is 0. The molecule has 1 saturated carbocycles. The number of rotatable bonds is 6. The first-order valence-corrected chi connectivity index (χ1v) is 7.75. The zero-order valence-electron chi connectivity index (χ0n) is 9.96. The van der Waals surface area contributed by atoms with Gasteiger partial charge in [-0.05, 0) is 19.3 Å². The van der Waals surface area contributed by atoms with Crippen LogP contribution in [0.15, 0.2) is 0 Å². The van der Waals surface area contributed by atoms with Gasteiger partial charge in [-0.15, -0.1) is 5.10 Å². The van der Waals surface area contributed by atoms with Gasteiger partial charge in [0, 0.05) is 11.7 Å². The lowest BCUT2D eigenvalue weighted by Crippen LogP contribution is -2.17. The molecule has 1 aliphatic carbocycles. The Balaban J connectivity index is 2.04. The van der Waals surface area contributed by atoms with Gasteiger partial charge in [0.1, 0.15) is 0 Å². The minimum absolute atomic E-state index is 0.114. The Morgan fingerprint density at radius 1 is 1.41 bits per heavy atom. The fraction of sp³-hybridized carbons (Fsp3) is 0.800. The lowest BCUT2D eigenvalue weighted by molar-refractivity contribution is 0.565. The van der Waals surface area contributed by atoms with E-state index in [1.165, 1.54) is 0 Å². The van der Waals surface area contributed by atoms with Crippen molar-refractivity contribution in [1.82, 2.24) is 15.0 Å². The molecule has 1 heterocycles. The van der Waals surface area contributed by atoms with Gasteiger partial charge in [0.15, 0.2) is 15.7 Å². The maximum absolute atomic E-state index is 11.6. The highest BCUT2D eigenvalue weighted by molar-refractivity contribution is 7.91. The minimum atomic E-state index is -2.97. The first kappa shape index (κ1) is 12.3. The summed E-state index contributed by atoms with van der Waals surface area (Å²) in [6.07, 6.45) is 2.84. The maximum Gasteiger partial charge on any atom is 0.169 e. The smallest absolute Gasteiger partial charge is 0.169 e. The lowest BCUT2D eigenvalue weighted by atomic mass is 10.3. The molecule has 2 rings (SSSR count). The largest absolute Gasteiger partial charge is 0.381 e. The number of nitrogen functional groups attached to an aromatic ring is 1. The standard InChI is InChI=1S/C10H18N4O2S/c1-2-6-17(15,16)7-5-14-9(8-3-4-8)10(11)12-13-14/h8H,2-7,11H2,1H3. The molecule has 0 aromatic carbocycles. The molecule has 1 aromatic rings. The summed E-state index contributed by atoms with van der Waals surface area (Å²) in [5, 5.41) is 7.74. The highest BCUT2D eigenvalue weighted by Crippen LogP contribution is 2.41. The SMILES string of the molecule is CCCS(=O)(=O)CCn1nnc(N)c1C1CC1. The molecule has 1 aromatic heterocycles. The van der Waals surface area contributed by atoms with Crippen LogP contribution in [0, 0.1) is 0 Å². The molecule has 2 N–H and O–H groups in total. The topological polar surface area (TPSA) is 90.9 Å². The van der Waals surface area contributed by atoms with Crippen LogP contribution in [0.1, 0.15) is 37.8 Å². The molecule has 0 spiro atoms. The molecule has 0 atom stereocenters. The number of anilines is 1. The van der Waals surface area contributed by atoms with Gasteiger partial charge in [-0.3, -0.25) is 0 Å². The number of nitrogens with two attached hydrogens (primary N) is 1. The summed E-state index contributed by atoms with van der Waals surface area (Å²) in [5.74, 6) is 1.22. The van der Waals surface area contributed by atoms with Crippen LogP contribution in [0.5, 0.6) is 0 Å². The molecule has 0 saturated heterocycles. The van der Waals surface area contributed by atoms with Crippen LogP contribution in [0.2, 0.25) is 0 Å². The Morgan fingerprint density at radius 3 is 2.71 bits per heavy atom. The number of nitrogens with zero attached hydrogens (tertiary/aromatic N) is 3. The van der Waals surface area contributed by atoms with E-state index in [9.17, 15) is 8.42 Å². The Hall–Kier alpha value is -1.11. The van der Waals surface area contributed by atoms with E-state index in [-0.39, 0.29) is 11.5 Å². The van der Waals surface area contributed by atoms with Gasteiger partial charge in [-0.1, -0.05) is 12.1 Å². The molecule has 7 heteroatoms. The van der Waals surface area contributed by atoms with Gasteiger partial charge in [0.05, 0.1) is 18.0 Å². The van der Waals surface area contributed by atoms with Crippen LogP contribution in [-0.4, -0.2) is 34.9 Å². The van der Waals surface area contributed by atoms with Crippen molar-refractivity contribution in [1.29, 1.82) is 0 Å². The minimum Gasteiger partial charge on any atom is -0.381 e. The van der Waals surface area contributed by atoms with Crippen molar-refractivity contribution in [2.45, 2.75) is 38.6 Å². The second-order valence-corrected chi connectivity index (χ2v) is 6.81. The first-order chi connectivity index (χ1) is 8.03. The third-order valence-corrected chi connectivity index (χ3v) is 4.73. The van der Waals surface area contributed by atoms with Gasteiger partial charge in [-0.2, -0.15) is 0 Å². The predicted molar refractivity (Wildman–Crippen MR) is 65.4 cm³/mol. The molecule has 0 radical (unpaired) electrons. The molecule has 0 bridgehead atoms. The monoisotopic (exact) mass is 258 g/mol. The molecule has 6 nitrogen and oxygen atoms in total. The van der Waals surface area contributed by atoms with E-state index in [0.29, 0.717) is 24.7 Å². The Morgan fingerprint density at radius 2 is 2.12 bits per heavy atom. The summed E-state index contributed by atoms with van der Waals surface area (Å²) in [6, 6.07) is 0. The molecule has 17 heavy (non-hydrogen) atoms. The van der Waals surface area contributed by atoms with E-state index in [4.69, 9.17) is 5.73 Å². The average molecular weight is 258 g/mol. The molecule has 0 unspecified atom stereocenters. The normalized spacial score (nSPS) is 16.3. The van der Waals surface area contributed by atoms with Gasteiger partial charge < -0.3 is 5.73 Å². The summed E-state index contributed by atoms with van der Waals surface area (Å²) < 4.78 is 24.9. The predicted octanol–water partition coefficient (Wildman–Crippen LogP) is 0.563. The summed E-state index contributed by atoms with van der Waals surface area (Å²) in [5.41, 5.74) is 6.65. The average Bonchev–Trinajstić information content (AvgIpc) is 3.01.